The molecule has 0 aromatic carbocycles. The van der Waals surface area contributed by atoms with Crippen LogP contribution in [-0.4, -0.2) is 36.6 Å². The highest BCUT2D eigenvalue weighted by Gasteiger charge is 2.16. The summed E-state index contributed by atoms with van der Waals surface area (Å²) >= 11 is 14.1. The maximum absolute atomic E-state index is 6.22. The molecule has 1 unspecified atom stereocenters. The van der Waals surface area contributed by atoms with Crippen molar-refractivity contribution in [2.75, 3.05) is 35.8 Å². The number of anilines is 2. The molecule has 1 N–H and O–H groups in total. The van der Waals surface area contributed by atoms with Gasteiger partial charge in [-0.25, -0.2) is 4.98 Å². The lowest BCUT2D eigenvalue weighted by atomic mass is 10.3. The molecule has 0 aliphatic carbocycles. The summed E-state index contributed by atoms with van der Waals surface area (Å²) in [6.45, 7) is 4.93. The molecule has 0 spiro atoms. The highest BCUT2D eigenvalue weighted by atomic mass is 35.5. The SMILES string of the molecule is CCNc1nc(N(C)C(C)CSC)c(Cl)cc1Cl. The van der Waals surface area contributed by atoms with Gasteiger partial charge in [0.05, 0.1) is 10.0 Å². The van der Waals surface area contributed by atoms with Crippen molar-refractivity contribution in [2.24, 2.45) is 0 Å². The molecule has 0 aliphatic rings. The summed E-state index contributed by atoms with van der Waals surface area (Å²) in [6, 6.07) is 2.10. The van der Waals surface area contributed by atoms with Crippen LogP contribution in [0.25, 0.3) is 0 Å². The van der Waals surface area contributed by atoms with Gasteiger partial charge in [0.15, 0.2) is 0 Å². The fourth-order valence-electron chi connectivity index (χ4n) is 1.56. The third-order valence-corrected chi connectivity index (χ3v) is 4.04. The van der Waals surface area contributed by atoms with Crippen LogP contribution in [0.5, 0.6) is 0 Å². The quantitative estimate of drug-likeness (QED) is 0.859. The van der Waals surface area contributed by atoms with Crippen molar-refractivity contribution in [1.82, 2.24) is 4.98 Å². The Balaban J connectivity index is 3.03. The molecule has 0 saturated carbocycles. The number of aromatic nitrogens is 1. The average molecular weight is 308 g/mol. The van der Waals surface area contributed by atoms with E-state index in [-0.39, 0.29) is 0 Å². The van der Waals surface area contributed by atoms with Gasteiger partial charge in [-0.05, 0) is 26.2 Å². The van der Waals surface area contributed by atoms with Crippen molar-refractivity contribution >= 4 is 46.6 Å². The number of rotatable bonds is 6. The molecule has 1 atom stereocenters. The number of nitrogens with one attached hydrogen (secondary N) is 1. The summed E-state index contributed by atoms with van der Waals surface area (Å²) in [4.78, 5) is 6.59. The fraction of sp³-hybridized carbons (Fsp3) is 0.583. The number of halogens is 2. The largest absolute Gasteiger partial charge is 0.369 e. The Morgan fingerprint density at radius 1 is 1.44 bits per heavy atom. The lowest BCUT2D eigenvalue weighted by Gasteiger charge is -2.26. The lowest BCUT2D eigenvalue weighted by molar-refractivity contribution is 0.754. The fourth-order valence-corrected chi connectivity index (χ4v) is 2.82. The zero-order chi connectivity index (χ0) is 13.7. The highest BCUT2D eigenvalue weighted by Crippen LogP contribution is 2.31. The molecule has 1 aromatic rings. The Kier molecular flexibility index (Phi) is 6.39. The van der Waals surface area contributed by atoms with Crippen molar-refractivity contribution in [3.05, 3.63) is 16.1 Å². The van der Waals surface area contributed by atoms with Crippen molar-refractivity contribution < 1.29 is 0 Å². The summed E-state index contributed by atoms with van der Waals surface area (Å²) in [6.07, 6.45) is 2.09. The smallest absolute Gasteiger partial charge is 0.149 e. The Hall–Kier alpha value is -0.320. The molecule has 0 bridgehead atoms. The highest BCUT2D eigenvalue weighted by molar-refractivity contribution is 7.98. The van der Waals surface area contributed by atoms with E-state index in [4.69, 9.17) is 23.2 Å². The van der Waals surface area contributed by atoms with E-state index >= 15 is 0 Å². The molecule has 3 nitrogen and oxygen atoms in total. The van der Waals surface area contributed by atoms with Crippen molar-refractivity contribution in [3.63, 3.8) is 0 Å². The predicted octanol–water partition coefficient (Wildman–Crippen LogP) is 4.01. The van der Waals surface area contributed by atoms with Crippen molar-refractivity contribution in [2.45, 2.75) is 19.9 Å². The molecule has 0 aliphatic heterocycles. The van der Waals surface area contributed by atoms with Crippen molar-refractivity contribution in [3.8, 4) is 0 Å². The molecule has 1 rings (SSSR count). The van der Waals surface area contributed by atoms with E-state index in [9.17, 15) is 0 Å². The number of pyridine rings is 1. The van der Waals surface area contributed by atoms with Gasteiger partial charge in [-0.1, -0.05) is 23.2 Å². The lowest BCUT2D eigenvalue weighted by Crippen LogP contribution is -2.32. The topological polar surface area (TPSA) is 28.2 Å². The first-order valence-corrected chi connectivity index (χ1v) is 7.97. The normalized spacial score (nSPS) is 12.3. The van der Waals surface area contributed by atoms with Crippen LogP contribution in [0.15, 0.2) is 6.07 Å². The van der Waals surface area contributed by atoms with Gasteiger partial charge in [-0.15, -0.1) is 0 Å². The molecule has 0 fully saturated rings. The number of hydrogen-bond donors (Lipinski definition) is 1. The Labute approximate surface area is 123 Å². The minimum Gasteiger partial charge on any atom is -0.369 e. The maximum Gasteiger partial charge on any atom is 0.149 e. The van der Waals surface area contributed by atoms with Crippen LogP contribution >= 0.6 is 35.0 Å². The van der Waals surface area contributed by atoms with E-state index in [0.29, 0.717) is 21.9 Å². The summed E-state index contributed by atoms with van der Waals surface area (Å²) in [7, 11) is 2.00. The third-order valence-electron chi connectivity index (χ3n) is 2.66. The summed E-state index contributed by atoms with van der Waals surface area (Å²) in [5.74, 6) is 2.47. The summed E-state index contributed by atoms with van der Waals surface area (Å²) in [5, 5.41) is 4.27. The second-order valence-corrected chi connectivity index (χ2v) is 5.79. The van der Waals surface area contributed by atoms with Gasteiger partial charge in [0.2, 0.25) is 0 Å². The van der Waals surface area contributed by atoms with Crippen LogP contribution in [0, 0.1) is 0 Å². The van der Waals surface area contributed by atoms with Gasteiger partial charge in [0, 0.05) is 25.4 Å². The minimum absolute atomic E-state index is 0.362. The monoisotopic (exact) mass is 307 g/mol. The minimum atomic E-state index is 0.362. The summed E-state index contributed by atoms with van der Waals surface area (Å²) in [5.41, 5.74) is 0. The number of nitrogens with zero attached hydrogens (tertiary/aromatic N) is 2. The summed E-state index contributed by atoms with van der Waals surface area (Å²) < 4.78 is 0. The van der Waals surface area contributed by atoms with Gasteiger partial charge in [-0.2, -0.15) is 11.8 Å². The van der Waals surface area contributed by atoms with Crippen LogP contribution in [0.3, 0.4) is 0 Å². The van der Waals surface area contributed by atoms with E-state index in [0.717, 1.165) is 18.1 Å². The van der Waals surface area contributed by atoms with Crippen LogP contribution in [0.2, 0.25) is 10.0 Å². The first-order chi connectivity index (χ1) is 8.51. The molecule has 1 aromatic heterocycles. The molecule has 102 valence electrons. The predicted molar refractivity (Wildman–Crippen MR) is 84.7 cm³/mol. The van der Waals surface area contributed by atoms with E-state index < -0.39 is 0 Å². The van der Waals surface area contributed by atoms with Gasteiger partial charge in [0.1, 0.15) is 11.6 Å². The van der Waals surface area contributed by atoms with Gasteiger partial charge < -0.3 is 10.2 Å². The maximum atomic E-state index is 6.22. The molecule has 6 heteroatoms. The second-order valence-electron chi connectivity index (χ2n) is 4.07. The molecular formula is C12H19Cl2N3S. The van der Waals surface area contributed by atoms with Crippen LogP contribution in [0.1, 0.15) is 13.8 Å². The first-order valence-electron chi connectivity index (χ1n) is 5.82. The number of thioether (sulfide) groups is 1. The molecule has 18 heavy (non-hydrogen) atoms. The zero-order valence-electron chi connectivity index (χ0n) is 11.1. The molecular weight excluding hydrogens is 289 g/mol. The van der Waals surface area contributed by atoms with Gasteiger partial charge in [0.25, 0.3) is 0 Å². The molecule has 0 radical (unpaired) electrons. The zero-order valence-corrected chi connectivity index (χ0v) is 13.5. The average Bonchev–Trinajstić information content (AvgIpc) is 2.32. The van der Waals surface area contributed by atoms with Crippen molar-refractivity contribution in [1.29, 1.82) is 0 Å². The van der Waals surface area contributed by atoms with Crippen LogP contribution < -0.4 is 10.2 Å². The standard InChI is InChI=1S/C12H19Cl2N3S/c1-5-15-11-9(13)6-10(14)12(16-11)17(3)8(2)7-18-4/h6,8H,5,7H2,1-4H3,(H,15,16). The molecule has 0 saturated heterocycles. The van der Waals surface area contributed by atoms with E-state index in [1.165, 1.54) is 0 Å². The van der Waals surface area contributed by atoms with Crippen LogP contribution in [-0.2, 0) is 0 Å². The van der Waals surface area contributed by atoms with Gasteiger partial charge in [-0.3, -0.25) is 0 Å². The second kappa shape index (κ2) is 7.31. The van der Waals surface area contributed by atoms with E-state index in [1.807, 2.05) is 14.0 Å². The third kappa shape index (κ3) is 3.84. The molecule has 1 heterocycles. The van der Waals surface area contributed by atoms with E-state index in [2.05, 4.69) is 28.4 Å². The molecule has 0 amide bonds. The number of hydrogen-bond acceptors (Lipinski definition) is 4. The Morgan fingerprint density at radius 3 is 2.67 bits per heavy atom. The Bertz CT molecular complexity index is 401. The van der Waals surface area contributed by atoms with Gasteiger partial charge >= 0.3 is 0 Å². The Morgan fingerprint density at radius 2 is 2.11 bits per heavy atom. The van der Waals surface area contributed by atoms with Crippen LogP contribution in [0.4, 0.5) is 11.6 Å². The van der Waals surface area contributed by atoms with E-state index in [1.54, 1.807) is 17.8 Å². The first kappa shape index (κ1) is 15.7.